The second-order valence-electron chi connectivity index (χ2n) is 7.22. The first-order chi connectivity index (χ1) is 14.0. The highest BCUT2D eigenvalue weighted by atomic mass is 32.1. The molecule has 1 aliphatic carbocycles. The van der Waals surface area contributed by atoms with Gasteiger partial charge in [-0.3, -0.25) is 4.79 Å². The average molecular weight is 418 g/mol. The highest BCUT2D eigenvalue weighted by Gasteiger charge is 2.29. The number of rotatable bonds is 7. The normalized spacial score (nSPS) is 15.4. The maximum absolute atomic E-state index is 12.9. The van der Waals surface area contributed by atoms with Crippen molar-refractivity contribution in [2.45, 2.75) is 39.5 Å². The van der Waals surface area contributed by atoms with Crippen molar-refractivity contribution in [2.24, 2.45) is 5.92 Å². The Labute approximate surface area is 175 Å². The summed E-state index contributed by atoms with van der Waals surface area (Å²) in [5, 5.41) is 3.49. The molecule has 1 atom stereocenters. The number of anilines is 1. The summed E-state index contributed by atoms with van der Waals surface area (Å²) in [5.74, 6) is 0.925. The number of nitrogens with one attached hydrogen (secondary N) is 1. The molecule has 3 rings (SSSR count). The summed E-state index contributed by atoms with van der Waals surface area (Å²) in [5.41, 5.74) is 1.96. The molecule has 1 amide bonds. The molecule has 1 aliphatic rings. The second kappa shape index (κ2) is 9.31. The summed E-state index contributed by atoms with van der Waals surface area (Å²) >= 11 is 1.48. The van der Waals surface area contributed by atoms with Crippen LogP contribution in [0.2, 0.25) is 0 Å². The van der Waals surface area contributed by atoms with Crippen LogP contribution in [0.3, 0.4) is 0 Å². The Morgan fingerprint density at radius 3 is 2.66 bits per heavy atom. The first-order valence-corrected chi connectivity index (χ1v) is 10.6. The molecule has 0 saturated heterocycles. The Bertz CT molecular complexity index is 905. The van der Waals surface area contributed by atoms with Gasteiger partial charge in [-0.15, -0.1) is 11.3 Å². The summed E-state index contributed by atoms with van der Waals surface area (Å²) < 4.78 is 15.9. The van der Waals surface area contributed by atoms with Crippen molar-refractivity contribution >= 4 is 28.2 Å². The molecule has 0 aliphatic heterocycles. The zero-order chi connectivity index (χ0) is 21.0. The fourth-order valence-corrected chi connectivity index (χ4v) is 4.87. The maximum Gasteiger partial charge on any atom is 0.341 e. The van der Waals surface area contributed by atoms with E-state index in [1.54, 1.807) is 25.3 Å². The molecule has 0 bridgehead atoms. The summed E-state index contributed by atoms with van der Waals surface area (Å²) in [7, 11) is 3.07. The van der Waals surface area contributed by atoms with E-state index in [4.69, 9.17) is 14.2 Å². The van der Waals surface area contributed by atoms with Crippen LogP contribution >= 0.6 is 11.3 Å². The number of carbonyl (C=O) groups is 2. The SMILES string of the molecule is CCCOC(=O)c1c(NC(=O)c2ccc(OC)c(OC)c2)sc2c1CCC(C)C2. The highest BCUT2D eigenvalue weighted by Crippen LogP contribution is 2.40. The lowest BCUT2D eigenvalue weighted by molar-refractivity contribution is 0.0505. The summed E-state index contributed by atoms with van der Waals surface area (Å²) in [4.78, 5) is 26.8. The fraction of sp³-hybridized carbons (Fsp3) is 0.455. The smallest absolute Gasteiger partial charge is 0.341 e. The summed E-state index contributed by atoms with van der Waals surface area (Å²) in [6.45, 7) is 4.53. The van der Waals surface area contributed by atoms with Crippen LogP contribution < -0.4 is 14.8 Å². The van der Waals surface area contributed by atoms with Crippen LogP contribution in [0.4, 0.5) is 5.00 Å². The van der Waals surface area contributed by atoms with Gasteiger partial charge in [-0.05, 0) is 55.4 Å². The van der Waals surface area contributed by atoms with Crippen molar-refractivity contribution in [3.8, 4) is 11.5 Å². The Morgan fingerprint density at radius 2 is 1.97 bits per heavy atom. The van der Waals surface area contributed by atoms with Gasteiger partial charge in [0.2, 0.25) is 0 Å². The average Bonchev–Trinajstić information content (AvgIpc) is 3.08. The van der Waals surface area contributed by atoms with Crippen molar-refractivity contribution in [2.75, 3.05) is 26.1 Å². The molecule has 0 radical (unpaired) electrons. The lowest BCUT2D eigenvalue weighted by Gasteiger charge is -2.18. The van der Waals surface area contributed by atoms with Gasteiger partial charge in [0.15, 0.2) is 11.5 Å². The summed E-state index contributed by atoms with van der Waals surface area (Å²) in [6, 6.07) is 4.98. The van der Waals surface area contributed by atoms with Gasteiger partial charge in [-0.25, -0.2) is 4.79 Å². The van der Waals surface area contributed by atoms with Crippen LogP contribution in [0.1, 0.15) is 57.8 Å². The maximum atomic E-state index is 12.9. The molecule has 0 saturated carbocycles. The molecule has 0 spiro atoms. The van der Waals surface area contributed by atoms with Crippen LogP contribution in [0.15, 0.2) is 18.2 Å². The van der Waals surface area contributed by atoms with Gasteiger partial charge >= 0.3 is 5.97 Å². The molecular weight excluding hydrogens is 390 g/mol. The van der Waals surface area contributed by atoms with E-state index in [9.17, 15) is 9.59 Å². The van der Waals surface area contributed by atoms with E-state index in [0.717, 1.165) is 36.1 Å². The Balaban J connectivity index is 1.91. The van der Waals surface area contributed by atoms with E-state index >= 15 is 0 Å². The third kappa shape index (κ3) is 4.56. The number of benzene rings is 1. The van der Waals surface area contributed by atoms with Gasteiger partial charge in [0.1, 0.15) is 5.00 Å². The Kier molecular flexibility index (Phi) is 6.79. The van der Waals surface area contributed by atoms with E-state index in [2.05, 4.69) is 12.2 Å². The predicted molar refractivity (Wildman–Crippen MR) is 114 cm³/mol. The van der Waals surface area contributed by atoms with Gasteiger partial charge in [0.25, 0.3) is 5.91 Å². The van der Waals surface area contributed by atoms with E-state index in [-0.39, 0.29) is 11.9 Å². The number of esters is 1. The van der Waals surface area contributed by atoms with Crippen LogP contribution in [-0.2, 0) is 17.6 Å². The minimum absolute atomic E-state index is 0.304. The monoisotopic (exact) mass is 417 g/mol. The minimum atomic E-state index is -0.360. The van der Waals surface area contributed by atoms with Crippen molar-refractivity contribution in [3.05, 3.63) is 39.8 Å². The van der Waals surface area contributed by atoms with E-state index < -0.39 is 0 Å². The number of thiophene rings is 1. The van der Waals surface area contributed by atoms with Gasteiger partial charge in [-0.2, -0.15) is 0 Å². The first-order valence-electron chi connectivity index (χ1n) is 9.83. The number of fused-ring (bicyclic) bond motifs is 1. The van der Waals surface area contributed by atoms with Gasteiger partial charge in [-0.1, -0.05) is 13.8 Å². The lowest BCUT2D eigenvalue weighted by Crippen LogP contribution is -2.17. The molecule has 29 heavy (non-hydrogen) atoms. The fourth-order valence-electron chi connectivity index (χ4n) is 3.47. The molecular formula is C22H27NO5S. The third-order valence-corrected chi connectivity index (χ3v) is 6.20. The minimum Gasteiger partial charge on any atom is -0.493 e. The van der Waals surface area contributed by atoms with Crippen molar-refractivity contribution in [1.29, 1.82) is 0 Å². The molecule has 1 aromatic carbocycles. The second-order valence-corrected chi connectivity index (χ2v) is 8.32. The standard InChI is InChI=1S/C22H27NO5S/c1-5-10-28-22(25)19-15-8-6-13(2)11-18(15)29-21(19)23-20(24)14-7-9-16(26-3)17(12-14)27-4/h7,9,12-13H,5-6,8,10-11H2,1-4H3,(H,23,24). The number of methoxy groups -OCH3 is 2. The zero-order valence-corrected chi connectivity index (χ0v) is 18.1. The molecule has 0 fully saturated rings. The van der Waals surface area contributed by atoms with Crippen molar-refractivity contribution < 1.29 is 23.8 Å². The highest BCUT2D eigenvalue weighted by molar-refractivity contribution is 7.17. The van der Waals surface area contributed by atoms with E-state index in [0.29, 0.717) is 40.2 Å². The van der Waals surface area contributed by atoms with Crippen LogP contribution in [0.5, 0.6) is 11.5 Å². The molecule has 1 N–H and O–H groups in total. The van der Waals surface area contributed by atoms with Gasteiger partial charge in [0.05, 0.1) is 26.4 Å². The number of hydrogen-bond donors (Lipinski definition) is 1. The predicted octanol–water partition coefficient (Wildman–Crippen LogP) is 4.71. The van der Waals surface area contributed by atoms with Crippen LogP contribution in [-0.4, -0.2) is 32.7 Å². The molecule has 1 aromatic heterocycles. The molecule has 6 nitrogen and oxygen atoms in total. The molecule has 1 heterocycles. The molecule has 1 unspecified atom stereocenters. The number of hydrogen-bond acceptors (Lipinski definition) is 6. The van der Waals surface area contributed by atoms with Crippen molar-refractivity contribution in [1.82, 2.24) is 0 Å². The Morgan fingerprint density at radius 1 is 1.21 bits per heavy atom. The topological polar surface area (TPSA) is 73.9 Å². The molecule has 156 valence electrons. The quantitative estimate of drug-likeness (QED) is 0.661. The van der Waals surface area contributed by atoms with Crippen molar-refractivity contribution in [3.63, 3.8) is 0 Å². The van der Waals surface area contributed by atoms with Gasteiger partial charge < -0.3 is 19.5 Å². The summed E-state index contributed by atoms with van der Waals surface area (Å²) in [6.07, 6.45) is 3.53. The third-order valence-electron chi connectivity index (χ3n) is 5.03. The first kappa shape index (κ1) is 21.2. The number of carbonyl (C=O) groups excluding carboxylic acids is 2. The molecule has 7 heteroatoms. The van der Waals surface area contributed by atoms with Crippen LogP contribution in [0, 0.1) is 5.92 Å². The number of amides is 1. The van der Waals surface area contributed by atoms with E-state index in [1.807, 2.05) is 6.92 Å². The van der Waals surface area contributed by atoms with Gasteiger partial charge in [0, 0.05) is 10.4 Å². The lowest BCUT2D eigenvalue weighted by atomic mass is 9.88. The van der Waals surface area contributed by atoms with Crippen LogP contribution in [0.25, 0.3) is 0 Å². The number of ether oxygens (including phenoxy) is 3. The molecule has 2 aromatic rings. The van der Waals surface area contributed by atoms with E-state index in [1.165, 1.54) is 18.4 Å². The zero-order valence-electron chi connectivity index (χ0n) is 17.3. The largest absolute Gasteiger partial charge is 0.493 e. The Hall–Kier alpha value is -2.54.